The molecule has 0 saturated heterocycles. The molecular weight excluding hydrogens is 250 g/mol. The molecule has 2 aromatic carbocycles. The third kappa shape index (κ3) is 2.28. The number of amides is 1. The maximum absolute atomic E-state index is 12.3. The first-order chi connectivity index (χ1) is 9.63. The second-order valence-electron chi connectivity index (χ2n) is 4.94. The molecule has 0 spiro atoms. The Morgan fingerprint density at radius 3 is 2.80 bits per heavy atom. The maximum Gasteiger partial charge on any atom is 0.255 e. The number of carbonyl (C=O) groups is 1. The molecule has 0 aliphatic heterocycles. The highest BCUT2D eigenvalue weighted by atomic mass is 16.1. The molecule has 0 atom stereocenters. The van der Waals surface area contributed by atoms with E-state index in [4.69, 9.17) is 0 Å². The van der Waals surface area contributed by atoms with Crippen LogP contribution in [0.25, 0.3) is 10.9 Å². The van der Waals surface area contributed by atoms with Gasteiger partial charge in [0.15, 0.2) is 0 Å². The summed E-state index contributed by atoms with van der Waals surface area (Å²) < 4.78 is 0. The lowest BCUT2D eigenvalue weighted by Gasteiger charge is -2.08. The molecule has 0 radical (unpaired) electrons. The van der Waals surface area contributed by atoms with Gasteiger partial charge in [-0.2, -0.15) is 5.10 Å². The number of nitrogens with one attached hydrogen (secondary N) is 2. The molecule has 2 N–H and O–H groups in total. The van der Waals surface area contributed by atoms with Crippen molar-refractivity contribution in [3.63, 3.8) is 0 Å². The number of H-pyrrole nitrogens is 1. The molecule has 0 aliphatic carbocycles. The van der Waals surface area contributed by atoms with Crippen molar-refractivity contribution in [1.29, 1.82) is 0 Å². The summed E-state index contributed by atoms with van der Waals surface area (Å²) in [5.41, 5.74) is 4.55. The monoisotopic (exact) mass is 265 g/mol. The fourth-order valence-electron chi connectivity index (χ4n) is 2.29. The van der Waals surface area contributed by atoms with Crippen LogP contribution in [0.1, 0.15) is 21.5 Å². The average molecular weight is 265 g/mol. The molecule has 3 rings (SSSR count). The molecule has 1 aromatic heterocycles. The molecule has 1 heterocycles. The largest absolute Gasteiger partial charge is 0.322 e. The number of rotatable bonds is 2. The minimum absolute atomic E-state index is 0.0923. The van der Waals surface area contributed by atoms with E-state index in [1.165, 1.54) is 0 Å². The first-order valence-electron chi connectivity index (χ1n) is 6.45. The second kappa shape index (κ2) is 4.81. The lowest BCUT2D eigenvalue weighted by molar-refractivity contribution is 0.102. The van der Waals surface area contributed by atoms with Gasteiger partial charge >= 0.3 is 0 Å². The Balaban J connectivity index is 1.87. The Bertz CT molecular complexity index is 789. The lowest BCUT2D eigenvalue weighted by Crippen LogP contribution is -2.13. The number of nitrogens with zero attached hydrogens (tertiary/aromatic N) is 1. The molecule has 0 bridgehead atoms. The average Bonchev–Trinajstić information content (AvgIpc) is 2.85. The Hall–Kier alpha value is -2.62. The highest BCUT2D eigenvalue weighted by Crippen LogP contribution is 2.18. The van der Waals surface area contributed by atoms with E-state index in [2.05, 4.69) is 15.5 Å². The number of aryl methyl sites for hydroxylation is 2. The van der Waals surface area contributed by atoms with Gasteiger partial charge in [0.2, 0.25) is 0 Å². The number of benzene rings is 2. The summed E-state index contributed by atoms with van der Waals surface area (Å²) in [5.74, 6) is -0.0923. The summed E-state index contributed by atoms with van der Waals surface area (Å²) in [5, 5.41) is 10.7. The highest BCUT2D eigenvalue weighted by molar-refractivity contribution is 6.06. The summed E-state index contributed by atoms with van der Waals surface area (Å²) >= 11 is 0. The van der Waals surface area contributed by atoms with E-state index in [9.17, 15) is 4.79 Å². The van der Waals surface area contributed by atoms with E-state index in [0.29, 0.717) is 5.56 Å². The number of anilines is 1. The van der Waals surface area contributed by atoms with Crippen molar-refractivity contribution in [2.45, 2.75) is 13.8 Å². The fraction of sp³-hybridized carbons (Fsp3) is 0.125. The van der Waals surface area contributed by atoms with Crippen molar-refractivity contribution >= 4 is 22.5 Å². The molecule has 100 valence electrons. The van der Waals surface area contributed by atoms with Crippen molar-refractivity contribution in [3.8, 4) is 0 Å². The smallest absolute Gasteiger partial charge is 0.255 e. The van der Waals surface area contributed by atoms with Crippen LogP contribution in [0.4, 0.5) is 5.69 Å². The fourth-order valence-corrected chi connectivity index (χ4v) is 2.29. The van der Waals surface area contributed by atoms with Crippen LogP contribution in [0.3, 0.4) is 0 Å². The predicted octanol–water partition coefficient (Wildman–Crippen LogP) is 3.43. The van der Waals surface area contributed by atoms with Gasteiger partial charge < -0.3 is 5.32 Å². The normalized spacial score (nSPS) is 10.7. The lowest BCUT2D eigenvalue weighted by atomic mass is 10.1. The molecule has 20 heavy (non-hydrogen) atoms. The van der Waals surface area contributed by atoms with Crippen LogP contribution in [-0.4, -0.2) is 16.1 Å². The minimum Gasteiger partial charge on any atom is -0.322 e. The van der Waals surface area contributed by atoms with Gasteiger partial charge in [-0.15, -0.1) is 0 Å². The molecule has 1 amide bonds. The van der Waals surface area contributed by atoms with Crippen LogP contribution in [0.2, 0.25) is 0 Å². The molecule has 0 aliphatic rings. The van der Waals surface area contributed by atoms with Gasteiger partial charge in [-0.1, -0.05) is 17.7 Å². The van der Waals surface area contributed by atoms with Gasteiger partial charge in [-0.25, -0.2) is 0 Å². The van der Waals surface area contributed by atoms with Crippen molar-refractivity contribution < 1.29 is 4.79 Å². The number of carbonyl (C=O) groups excluding carboxylic acids is 1. The van der Waals surface area contributed by atoms with Crippen LogP contribution < -0.4 is 5.32 Å². The molecule has 4 nitrogen and oxygen atoms in total. The van der Waals surface area contributed by atoms with Gasteiger partial charge in [0.1, 0.15) is 0 Å². The van der Waals surface area contributed by atoms with Crippen molar-refractivity contribution in [2.24, 2.45) is 0 Å². The van der Waals surface area contributed by atoms with E-state index in [1.54, 1.807) is 6.20 Å². The third-order valence-corrected chi connectivity index (χ3v) is 3.32. The van der Waals surface area contributed by atoms with Crippen LogP contribution in [0, 0.1) is 13.8 Å². The Morgan fingerprint density at radius 1 is 1.15 bits per heavy atom. The maximum atomic E-state index is 12.3. The number of hydrogen-bond acceptors (Lipinski definition) is 2. The molecule has 4 heteroatoms. The third-order valence-electron chi connectivity index (χ3n) is 3.32. The zero-order valence-electron chi connectivity index (χ0n) is 11.4. The number of hydrogen-bond donors (Lipinski definition) is 2. The number of fused-ring (bicyclic) bond motifs is 1. The van der Waals surface area contributed by atoms with Crippen LogP contribution in [0.5, 0.6) is 0 Å². The van der Waals surface area contributed by atoms with Gasteiger partial charge in [-0.3, -0.25) is 9.89 Å². The first kappa shape index (κ1) is 12.4. The quantitative estimate of drug-likeness (QED) is 0.745. The Kier molecular flexibility index (Phi) is 2.99. The molecule has 0 unspecified atom stereocenters. The Labute approximate surface area is 116 Å². The SMILES string of the molecule is Cc1ccc(C(=O)Nc2ccc3[nH]ncc3c2)c(C)c1. The van der Waals surface area contributed by atoms with E-state index < -0.39 is 0 Å². The van der Waals surface area contributed by atoms with E-state index >= 15 is 0 Å². The van der Waals surface area contributed by atoms with E-state index in [0.717, 1.165) is 27.7 Å². The number of aromatic amines is 1. The molecule has 3 aromatic rings. The summed E-state index contributed by atoms with van der Waals surface area (Å²) in [7, 11) is 0. The van der Waals surface area contributed by atoms with Crippen LogP contribution in [0.15, 0.2) is 42.6 Å². The highest BCUT2D eigenvalue weighted by Gasteiger charge is 2.09. The van der Waals surface area contributed by atoms with Gasteiger partial charge in [0.25, 0.3) is 5.91 Å². The van der Waals surface area contributed by atoms with Crippen molar-refractivity contribution in [2.75, 3.05) is 5.32 Å². The molecular formula is C16H15N3O. The van der Waals surface area contributed by atoms with Crippen molar-refractivity contribution in [1.82, 2.24) is 10.2 Å². The van der Waals surface area contributed by atoms with Gasteiger partial charge in [0.05, 0.1) is 11.7 Å². The summed E-state index contributed by atoms with van der Waals surface area (Å²) in [6.07, 6.45) is 1.74. The topological polar surface area (TPSA) is 57.8 Å². The first-order valence-corrected chi connectivity index (χ1v) is 6.45. The minimum atomic E-state index is -0.0923. The summed E-state index contributed by atoms with van der Waals surface area (Å²) in [4.78, 5) is 12.3. The standard InChI is InChI=1S/C16H15N3O/c1-10-3-5-14(11(2)7-10)16(20)18-13-4-6-15-12(8-13)9-17-19-15/h3-9H,1-2H3,(H,17,19)(H,18,20). The Morgan fingerprint density at radius 2 is 2.00 bits per heavy atom. The van der Waals surface area contributed by atoms with Gasteiger partial charge in [0, 0.05) is 16.6 Å². The molecule has 0 fully saturated rings. The zero-order chi connectivity index (χ0) is 14.1. The zero-order valence-corrected chi connectivity index (χ0v) is 11.4. The second-order valence-corrected chi connectivity index (χ2v) is 4.94. The van der Waals surface area contributed by atoms with Crippen LogP contribution >= 0.6 is 0 Å². The summed E-state index contributed by atoms with van der Waals surface area (Å²) in [6.45, 7) is 3.96. The van der Waals surface area contributed by atoms with Gasteiger partial charge in [-0.05, 0) is 43.7 Å². The predicted molar refractivity (Wildman–Crippen MR) is 80.0 cm³/mol. The number of aromatic nitrogens is 2. The van der Waals surface area contributed by atoms with Crippen molar-refractivity contribution in [3.05, 3.63) is 59.3 Å². The summed E-state index contributed by atoms with van der Waals surface area (Å²) in [6, 6.07) is 11.5. The van der Waals surface area contributed by atoms with Crippen LogP contribution in [-0.2, 0) is 0 Å². The van der Waals surface area contributed by atoms with E-state index in [1.807, 2.05) is 50.2 Å². The van der Waals surface area contributed by atoms with E-state index in [-0.39, 0.29) is 5.91 Å². The molecule has 0 saturated carbocycles.